The third kappa shape index (κ3) is 3.27. The van der Waals surface area contributed by atoms with E-state index in [9.17, 15) is 0 Å². The third-order valence-electron chi connectivity index (χ3n) is 4.31. The molecule has 0 saturated carbocycles. The Labute approximate surface area is 166 Å². The van der Waals surface area contributed by atoms with Crippen molar-refractivity contribution in [2.24, 2.45) is 0 Å². The molecule has 1 atom stereocenters. The van der Waals surface area contributed by atoms with Gasteiger partial charge in [-0.1, -0.05) is 46.9 Å². The summed E-state index contributed by atoms with van der Waals surface area (Å²) < 4.78 is 8.28. The van der Waals surface area contributed by atoms with Crippen LogP contribution in [0.1, 0.15) is 16.7 Å². The zero-order chi connectivity index (χ0) is 16.7. The predicted octanol–water partition coefficient (Wildman–Crippen LogP) is 5.74. The number of aromatic nitrogens is 2. The molecule has 2 aromatic carbocycles. The summed E-state index contributed by atoms with van der Waals surface area (Å²) in [6.45, 7) is 1.04. The molecule has 2 heterocycles. The monoisotopic (exact) mass is 414 g/mol. The van der Waals surface area contributed by atoms with Gasteiger partial charge >= 0.3 is 0 Å². The summed E-state index contributed by atoms with van der Waals surface area (Å²) in [6.07, 6.45) is 5.40. The van der Waals surface area contributed by atoms with Crippen LogP contribution in [0.15, 0.2) is 55.1 Å². The third-order valence-corrected chi connectivity index (χ3v) is 5.09. The molecule has 1 aromatic heterocycles. The first kappa shape index (κ1) is 18.6. The average Bonchev–Trinajstić information content (AvgIpc) is 3.17. The van der Waals surface area contributed by atoms with Crippen molar-refractivity contribution in [2.75, 3.05) is 0 Å². The van der Waals surface area contributed by atoms with E-state index in [1.807, 2.05) is 41.1 Å². The van der Waals surface area contributed by atoms with Crippen molar-refractivity contribution in [1.29, 1.82) is 0 Å². The second-order valence-corrected chi connectivity index (χ2v) is 7.06. The van der Waals surface area contributed by atoms with Crippen molar-refractivity contribution < 1.29 is 4.74 Å². The van der Waals surface area contributed by atoms with Gasteiger partial charge in [0.25, 0.3) is 0 Å². The minimum Gasteiger partial charge on any atom is -0.359 e. The lowest BCUT2D eigenvalue weighted by Gasteiger charge is -2.31. The number of imidazole rings is 1. The van der Waals surface area contributed by atoms with Crippen molar-refractivity contribution in [3.05, 3.63) is 86.9 Å². The van der Waals surface area contributed by atoms with E-state index in [4.69, 9.17) is 39.5 Å². The molecule has 0 aliphatic carbocycles. The van der Waals surface area contributed by atoms with E-state index >= 15 is 0 Å². The van der Waals surface area contributed by atoms with Gasteiger partial charge in [-0.3, -0.25) is 0 Å². The van der Waals surface area contributed by atoms with E-state index in [1.54, 1.807) is 18.6 Å². The van der Waals surface area contributed by atoms with Crippen LogP contribution in [0.3, 0.4) is 0 Å². The minimum atomic E-state index is -0.734. The Balaban J connectivity index is 0.00000182. The Morgan fingerprint density at radius 3 is 2.52 bits per heavy atom. The molecular formula is C18H14Cl4N2O. The van der Waals surface area contributed by atoms with Crippen molar-refractivity contribution in [3.63, 3.8) is 0 Å². The molecule has 1 aliphatic rings. The lowest BCUT2D eigenvalue weighted by Crippen LogP contribution is -2.32. The molecule has 0 N–H and O–H groups in total. The van der Waals surface area contributed by atoms with Gasteiger partial charge in [0.1, 0.15) is 5.60 Å². The Morgan fingerprint density at radius 1 is 1.04 bits per heavy atom. The molecule has 3 aromatic rings. The molecule has 3 nitrogen and oxygen atoms in total. The number of nitrogens with zero attached hydrogens (tertiary/aromatic N) is 2. The fraction of sp³-hybridized carbons (Fsp3) is 0.167. The number of fused-ring (bicyclic) bond motifs is 1. The van der Waals surface area contributed by atoms with Gasteiger partial charge in [-0.2, -0.15) is 0 Å². The van der Waals surface area contributed by atoms with Crippen molar-refractivity contribution in [2.45, 2.75) is 18.8 Å². The van der Waals surface area contributed by atoms with Gasteiger partial charge in [-0.25, -0.2) is 4.98 Å². The molecule has 0 amide bonds. The summed E-state index contributed by atoms with van der Waals surface area (Å²) in [4.78, 5) is 4.13. The highest BCUT2D eigenvalue weighted by Crippen LogP contribution is 2.46. The second-order valence-electron chi connectivity index (χ2n) is 5.78. The highest BCUT2D eigenvalue weighted by Gasteiger charge is 2.43. The number of hydrogen-bond donors (Lipinski definition) is 0. The maximum absolute atomic E-state index is 6.52. The summed E-state index contributed by atoms with van der Waals surface area (Å²) >= 11 is 18.9. The quantitative estimate of drug-likeness (QED) is 0.545. The standard InChI is InChI=1S/C18H13Cl3N2O.ClH/c19-13-2-1-12-9-24-18(16(12)7-13,10-23-6-5-22-11-23)15-4-3-14(20)8-17(15)21;/h1-8,11H,9-10H2;1H. The van der Waals surface area contributed by atoms with Crippen LogP contribution in [0.2, 0.25) is 15.1 Å². The minimum absolute atomic E-state index is 0. The van der Waals surface area contributed by atoms with Gasteiger partial charge in [-0.05, 0) is 35.4 Å². The molecular weight excluding hydrogens is 402 g/mol. The summed E-state index contributed by atoms with van der Waals surface area (Å²) in [6, 6.07) is 11.3. The smallest absolute Gasteiger partial charge is 0.138 e. The van der Waals surface area contributed by atoms with Gasteiger partial charge in [0.2, 0.25) is 0 Å². The Kier molecular flexibility index (Phi) is 5.33. The van der Waals surface area contributed by atoms with Crippen molar-refractivity contribution in [1.82, 2.24) is 9.55 Å². The highest BCUT2D eigenvalue weighted by molar-refractivity contribution is 6.35. The maximum Gasteiger partial charge on any atom is 0.138 e. The van der Waals surface area contributed by atoms with Crippen LogP contribution in [-0.4, -0.2) is 9.55 Å². The molecule has 1 aliphatic heterocycles. The van der Waals surface area contributed by atoms with Crippen LogP contribution in [0, 0.1) is 0 Å². The first-order valence-electron chi connectivity index (χ1n) is 7.43. The molecule has 0 bridgehead atoms. The highest BCUT2D eigenvalue weighted by atomic mass is 35.5. The van der Waals surface area contributed by atoms with Gasteiger partial charge in [0.15, 0.2) is 0 Å². The van der Waals surface area contributed by atoms with Crippen LogP contribution < -0.4 is 0 Å². The summed E-state index contributed by atoms with van der Waals surface area (Å²) in [5.41, 5.74) is 2.25. The largest absolute Gasteiger partial charge is 0.359 e. The Morgan fingerprint density at radius 2 is 1.80 bits per heavy atom. The van der Waals surface area contributed by atoms with E-state index in [0.29, 0.717) is 28.2 Å². The maximum atomic E-state index is 6.52. The molecule has 0 spiro atoms. The normalized spacial score (nSPS) is 18.7. The first-order chi connectivity index (χ1) is 11.6. The lowest BCUT2D eigenvalue weighted by atomic mass is 9.85. The molecule has 0 radical (unpaired) electrons. The van der Waals surface area contributed by atoms with E-state index in [2.05, 4.69) is 4.98 Å². The molecule has 25 heavy (non-hydrogen) atoms. The SMILES string of the molecule is Cl.Clc1ccc(C2(Cn3ccnc3)OCc3ccc(Cl)cc32)c(Cl)c1. The molecule has 4 rings (SSSR count). The molecule has 0 saturated heterocycles. The van der Waals surface area contributed by atoms with E-state index in [1.165, 1.54) is 0 Å². The lowest BCUT2D eigenvalue weighted by molar-refractivity contribution is -0.0180. The van der Waals surface area contributed by atoms with E-state index < -0.39 is 5.60 Å². The van der Waals surface area contributed by atoms with Crippen LogP contribution in [0.4, 0.5) is 0 Å². The molecule has 1 unspecified atom stereocenters. The number of rotatable bonds is 3. The van der Waals surface area contributed by atoms with Gasteiger partial charge in [-0.15, -0.1) is 12.4 Å². The number of ether oxygens (including phenoxy) is 1. The predicted molar refractivity (Wildman–Crippen MR) is 103 cm³/mol. The average molecular weight is 416 g/mol. The van der Waals surface area contributed by atoms with Crippen LogP contribution in [-0.2, 0) is 23.5 Å². The zero-order valence-electron chi connectivity index (χ0n) is 13.0. The topological polar surface area (TPSA) is 27.1 Å². The molecule has 0 fully saturated rings. The number of halogens is 4. The number of benzene rings is 2. The summed E-state index contributed by atoms with van der Waals surface area (Å²) in [5, 5.41) is 1.82. The fourth-order valence-corrected chi connectivity index (χ4v) is 3.96. The van der Waals surface area contributed by atoms with Gasteiger partial charge < -0.3 is 9.30 Å². The Hall–Kier alpha value is -1.23. The van der Waals surface area contributed by atoms with Crippen molar-refractivity contribution >= 4 is 47.2 Å². The fourth-order valence-electron chi connectivity index (χ4n) is 3.22. The van der Waals surface area contributed by atoms with Crippen molar-refractivity contribution in [3.8, 4) is 0 Å². The molecule has 7 heteroatoms. The summed E-state index contributed by atoms with van der Waals surface area (Å²) in [5.74, 6) is 0. The van der Waals surface area contributed by atoms with E-state index in [-0.39, 0.29) is 12.4 Å². The second kappa shape index (κ2) is 7.18. The zero-order valence-corrected chi connectivity index (χ0v) is 16.0. The summed E-state index contributed by atoms with van der Waals surface area (Å²) in [7, 11) is 0. The van der Waals surface area contributed by atoms with Gasteiger partial charge in [0.05, 0.1) is 19.5 Å². The first-order valence-corrected chi connectivity index (χ1v) is 8.56. The Bertz CT molecular complexity index is 898. The van der Waals surface area contributed by atoms with Crippen LogP contribution in [0.25, 0.3) is 0 Å². The molecule has 130 valence electrons. The van der Waals surface area contributed by atoms with Crippen LogP contribution >= 0.6 is 47.2 Å². The van der Waals surface area contributed by atoms with Crippen LogP contribution in [0.5, 0.6) is 0 Å². The number of hydrogen-bond acceptors (Lipinski definition) is 2. The van der Waals surface area contributed by atoms with Gasteiger partial charge in [0, 0.05) is 33.0 Å². The van der Waals surface area contributed by atoms with E-state index in [0.717, 1.165) is 16.7 Å².